The van der Waals surface area contributed by atoms with Crippen molar-refractivity contribution < 1.29 is 0 Å². The van der Waals surface area contributed by atoms with E-state index in [-0.39, 0.29) is 11.6 Å². The van der Waals surface area contributed by atoms with Gasteiger partial charge in [-0.2, -0.15) is 5.10 Å². The molecule has 4 N–H and O–H groups in total. The average molecular weight is 258 g/mol. The quantitative estimate of drug-likeness (QED) is 0.764. The average Bonchev–Trinajstić information content (AvgIpc) is 2.42. The molecule has 1 fully saturated rings. The summed E-state index contributed by atoms with van der Waals surface area (Å²) in [7, 11) is 0. The van der Waals surface area contributed by atoms with E-state index in [1.807, 2.05) is 24.3 Å². The molecule has 2 atom stereocenters. The Bertz CT molecular complexity index is 637. The molecule has 1 aromatic heterocycles. The van der Waals surface area contributed by atoms with E-state index in [0.717, 1.165) is 36.9 Å². The van der Waals surface area contributed by atoms with Crippen LogP contribution in [0.3, 0.4) is 0 Å². The molecule has 0 aliphatic heterocycles. The van der Waals surface area contributed by atoms with Gasteiger partial charge in [-0.1, -0.05) is 18.2 Å². The molecule has 0 amide bonds. The Morgan fingerprint density at radius 1 is 1.26 bits per heavy atom. The number of anilines is 1. The van der Waals surface area contributed by atoms with Crippen molar-refractivity contribution in [3.63, 3.8) is 0 Å². The molecule has 0 saturated heterocycles. The van der Waals surface area contributed by atoms with Crippen molar-refractivity contribution in [2.75, 3.05) is 5.32 Å². The van der Waals surface area contributed by atoms with Gasteiger partial charge in [-0.15, -0.1) is 0 Å². The maximum atomic E-state index is 11.7. The Labute approximate surface area is 111 Å². The molecule has 1 aliphatic carbocycles. The number of nitrogens with two attached hydrogens (primary N) is 1. The van der Waals surface area contributed by atoms with Gasteiger partial charge in [-0.25, -0.2) is 5.10 Å². The summed E-state index contributed by atoms with van der Waals surface area (Å²) in [5.41, 5.74) is 5.85. The molecule has 19 heavy (non-hydrogen) atoms. The van der Waals surface area contributed by atoms with Crippen LogP contribution in [0.2, 0.25) is 0 Å². The summed E-state index contributed by atoms with van der Waals surface area (Å²) in [4.78, 5) is 11.7. The SMILES string of the molecule is NC1CCCC(Nc2n[nH]c(=O)c3ccccc23)C1. The molecule has 0 spiro atoms. The lowest BCUT2D eigenvalue weighted by Crippen LogP contribution is -2.35. The number of fused-ring (bicyclic) bond motifs is 1. The zero-order valence-corrected chi connectivity index (χ0v) is 10.7. The summed E-state index contributed by atoms with van der Waals surface area (Å²) in [5.74, 6) is 0.745. The van der Waals surface area contributed by atoms with Crippen LogP contribution in [0.4, 0.5) is 5.82 Å². The van der Waals surface area contributed by atoms with Crippen LogP contribution in [0.5, 0.6) is 0 Å². The molecule has 2 unspecified atom stereocenters. The standard InChI is InChI=1S/C14H18N4O/c15-9-4-3-5-10(8-9)16-13-11-6-1-2-7-12(11)14(19)18-17-13/h1-2,6-7,9-10H,3-5,8,15H2,(H,16,17)(H,18,19). The highest BCUT2D eigenvalue weighted by molar-refractivity contribution is 5.90. The highest BCUT2D eigenvalue weighted by Crippen LogP contribution is 2.23. The highest BCUT2D eigenvalue weighted by atomic mass is 16.1. The monoisotopic (exact) mass is 258 g/mol. The number of nitrogens with zero attached hydrogens (tertiary/aromatic N) is 1. The van der Waals surface area contributed by atoms with Crippen molar-refractivity contribution in [1.82, 2.24) is 10.2 Å². The predicted molar refractivity (Wildman–Crippen MR) is 76.2 cm³/mol. The summed E-state index contributed by atoms with van der Waals surface area (Å²) in [6.45, 7) is 0. The Kier molecular flexibility index (Phi) is 3.21. The van der Waals surface area contributed by atoms with Crippen molar-refractivity contribution in [3.8, 4) is 0 Å². The second kappa shape index (κ2) is 5.01. The summed E-state index contributed by atoms with van der Waals surface area (Å²) >= 11 is 0. The summed E-state index contributed by atoms with van der Waals surface area (Å²) in [5, 5.41) is 11.6. The second-order valence-electron chi connectivity index (χ2n) is 5.21. The third-order valence-electron chi connectivity index (χ3n) is 3.75. The van der Waals surface area contributed by atoms with E-state index < -0.39 is 0 Å². The summed E-state index contributed by atoms with van der Waals surface area (Å²) < 4.78 is 0. The van der Waals surface area contributed by atoms with E-state index in [4.69, 9.17) is 5.73 Å². The van der Waals surface area contributed by atoms with Crippen LogP contribution in [0.1, 0.15) is 25.7 Å². The van der Waals surface area contributed by atoms with E-state index in [9.17, 15) is 4.79 Å². The fraction of sp³-hybridized carbons (Fsp3) is 0.429. The first-order valence-electron chi connectivity index (χ1n) is 6.73. The Hall–Kier alpha value is -1.88. The van der Waals surface area contributed by atoms with E-state index in [1.54, 1.807) is 0 Å². The minimum atomic E-state index is -0.151. The largest absolute Gasteiger partial charge is 0.365 e. The predicted octanol–water partition coefficient (Wildman–Crippen LogP) is 1.60. The van der Waals surface area contributed by atoms with Crippen LogP contribution >= 0.6 is 0 Å². The minimum absolute atomic E-state index is 0.151. The summed E-state index contributed by atoms with van der Waals surface area (Å²) in [6, 6.07) is 8.11. The number of hydrogen-bond donors (Lipinski definition) is 3. The van der Waals surface area contributed by atoms with Gasteiger partial charge >= 0.3 is 0 Å². The number of nitrogens with one attached hydrogen (secondary N) is 2. The second-order valence-corrected chi connectivity index (χ2v) is 5.21. The number of aromatic nitrogens is 2. The molecule has 1 saturated carbocycles. The lowest BCUT2D eigenvalue weighted by atomic mass is 9.91. The molecule has 3 rings (SSSR count). The third-order valence-corrected chi connectivity index (χ3v) is 3.75. The molecular weight excluding hydrogens is 240 g/mol. The fourth-order valence-corrected chi connectivity index (χ4v) is 2.78. The summed E-state index contributed by atoms with van der Waals surface area (Å²) in [6.07, 6.45) is 4.29. The van der Waals surface area contributed by atoms with Gasteiger partial charge < -0.3 is 11.1 Å². The Morgan fingerprint density at radius 2 is 2.05 bits per heavy atom. The highest BCUT2D eigenvalue weighted by Gasteiger charge is 2.20. The van der Waals surface area contributed by atoms with Gasteiger partial charge in [-0.3, -0.25) is 4.79 Å². The van der Waals surface area contributed by atoms with Crippen LogP contribution in [0, 0.1) is 0 Å². The van der Waals surface area contributed by atoms with Crippen molar-refractivity contribution in [3.05, 3.63) is 34.6 Å². The maximum Gasteiger partial charge on any atom is 0.272 e. The number of hydrogen-bond acceptors (Lipinski definition) is 4. The van der Waals surface area contributed by atoms with E-state index in [0.29, 0.717) is 11.4 Å². The molecule has 0 radical (unpaired) electrons. The van der Waals surface area contributed by atoms with Gasteiger partial charge in [0.15, 0.2) is 5.82 Å². The molecule has 0 bridgehead atoms. The number of aromatic amines is 1. The van der Waals surface area contributed by atoms with Gasteiger partial charge in [0.25, 0.3) is 5.56 Å². The lowest BCUT2D eigenvalue weighted by molar-refractivity contribution is 0.409. The van der Waals surface area contributed by atoms with Crippen molar-refractivity contribution >= 4 is 16.6 Å². The normalized spacial score (nSPS) is 23.4. The fourth-order valence-electron chi connectivity index (χ4n) is 2.78. The lowest BCUT2D eigenvalue weighted by Gasteiger charge is -2.27. The van der Waals surface area contributed by atoms with Crippen LogP contribution in [-0.2, 0) is 0 Å². The first kappa shape index (κ1) is 12.2. The van der Waals surface area contributed by atoms with Gasteiger partial charge in [0.2, 0.25) is 0 Å². The van der Waals surface area contributed by atoms with Crippen molar-refractivity contribution in [2.45, 2.75) is 37.8 Å². The number of H-pyrrole nitrogens is 1. The molecule has 2 aromatic rings. The first-order chi connectivity index (χ1) is 9.24. The molecule has 1 aromatic carbocycles. The number of rotatable bonds is 2. The van der Waals surface area contributed by atoms with Gasteiger partial charge in [0.1, 0.15) is 0 Å². The van der Waals surface area contributed by atoms with Crippen molar-refractivity contribution in [1.29, 1.82) is 0 Å². The Morgan fingerprint density at radius 3 is 2.84 bits per heavy atom. The van der Waals surface area contributed by atoms with Gasteiger partial charge in [0.05, 0.1) is 5.39 Å². The van der Waals surface area contributed by atoms with E-state index in [2.05, 4.69) is 15.5 Å². The van der Waals surface area contributed by atoms with Gasteiger partial charge in [0, 0.05) is 17.5 Å². The smallest absolute Gasteiger partial charge is 0.272 e. The maximum absolute atomic E-state index is 11.7. The van der Waals surface area contributed by atoms with Crippen LogP contribution in [-0.4, -0.2) is 22.3 Å². The van der Waals surface area contributed by atoms with Crippen LogP contribution < -0.4 is 16.6 Å². The molecule has 100 valence electrons. The van der Waals surface area contributed by atoms with E-state index >= 15 is 0 Å². The van der Waals surface area contributed by atoms with Crippen LogP contribution in [0.25, 0.3) is 10.8 Å². The number of benzene rings is 1. The molecule has 1 heterocycles. The third kappa shape index (κ3) is 2.46. The molecule has 5 heteroatoms. The molecule has 5 nitrogen and oxygen atoms in total. The van der Waals surface area contributed by atoms with Gasteiger partial charge in [-0.05, 0) is 31.7 Å². The van der Waals surface area contributed by atoms with Crippen molar-refractivity contribution in [2.24, 2.45) is 5.73 Å². The Balaban J connectivity index is 1.93. The van der Waals surface area contributed by atoms with E-state index in [1.165, 1.54) is 0 Å². The zero-order chi connectivity index (χ0) is 13.2. The molecular formula is C14H18N4O. The van der Waals surface area contributed by atoms with Crippen LogP contribution in [0.15, 0.2) is 29.1 Å². The minimum Gasteiger partial charge on any atom is -0.365 e. The zero-order valence-electron chi connectivity index (χ0n) is 10.7. The first-order valence-corrected chi connectivity index (χ1v) is 6.73. The molecule has 1 aliphatic rings. The topological polar surface area (TPSA) is 83.8 Å².